The highest BCUT2D eigenvalue weighted by atomic mass is 79.9. The maximum Gasteiger partial charge on any atom is 0.272 e. The Bertz CT molecular complexity index is 916. The molecular formula is C15H12BrN3O3S2. The summed E-state index contributed by atoms with van der Waals surface area (Å²) in [7, 11) is -3.72. The van der Waals surface area contributed by atoms with Gasteiger partial charge in [-0.1, -0.05) is 36.4 Å². The molecule has 0 fully saturated rings. The molecule has 0 aliphatic heterocycles. The Hall–Kier alpha value is -1.97. The molecule has 24 heavy (non-hydrogen) atoms. The molecular weight excluding hydrogens is 414 g/mol. The van der Waals surface area contributed by atoms with Gasteiger partial charge in [-0.25, -0.2) is 18.4 Å². The van der Waals surface area contributed by atoms with Crippen LogP contribution in [-0.2, 0) is 16.6 Å². The van der Waals surface area contributed by atoms with E-state index in [4.69, 9.17) is 4.74 Å². The molecule has 124 valence electrons. The second-order valence-corrected chi connectivity index (χ2v) is 8.33. The van der Waals surface area contributed by atoms with Gasteiger partial charge in [0.2, 0.25) is 5.82 Å². The van der Waals surface area contributed by atoms with Gasteiger partial charge in [0, 0.05) is 0 Å². The topological polar surface area (TPSA) is 81.2 Å². The standard InChI is InChI=1S/C15H12BrN3O3S2/c16-12-9-17-14(19-24(20,21)13-7-4-8-23-13)15(18-12)22-10-11-5-2-1-3-6-11/h1-9H,10H2,(H,17,19). The lowest BCUT2D eigenvalue weighted by Gasteiger charge is -2.11. The van der Waals surface area contributed by atoms with Crippen LogP contribution in [-0.4, -0.2) is 18.4 Å². The summed E-state index contributed by atoms with van der Waals surface area (Å²) in [6.07, 6.45) is 1.40. The number of hydrogen-bond acceptors (Lipinski definition) is 6. The second kappa shape index (κ2) is 7.29. The molecule has 0 aliphatic rings. The van der Waals surface area contributed by atoms with Crippen molar-refractivity contribution < 1.29 is 13.2 Å². The summed E-state index contributed by atoms with van der Waals surface area (Å²) < 4.78 is 33.4. The Labute approximate surface area is 151 Å². The molecule has 1 N–H and O–H groups in total. The summed E-state index contributed by atoms with van der Waals surface area (Å²) >= 11 is 4.33. The normalized spacial score (nSPS) is 11.2. The molecule has 0 aliphatic carbocycles. The van der Waals surface area contributed by atoms with Crippen molar-refractivity contribution in [2.45, 2.75) is 10.8 Å². The third-order valence-corrected chi connectivity index (χ3v) is 6.04. The van der Waals surface area contributed by atoms with Crippen LogP contribution in [0.15, 0.2) is 62.9 Å². The van der Waals surface area contributed by atoms with Crippen LogP contribution in [0.25, 0.3) is 0 Å². The summed E-state index contributed by atoms with van der Waals surface area (Å²) in [5, 5.41) is 1.69. The third-order valence-electron chi connectivity index (χ3n) is 2.92. The van der Waals surface area contributed by atoms with Gasteiger partial charge in [-0.2, -0.15) is 0 Å². The summed E-state index contributed by atoms with van der Waals surface area (Å²) in [5.41, 5.74) is 0.936. The number of nitrogens with zero attached hydrogens (tertiary/aromatic N) is 2. The molecule has 6 nitrogen and oxygen atoms in total. The van der Waals surface area contributed by atoms with Gasteiger partial charge in [-0.3, -0.25) is 4.72 Å². The maximum absolute atomic E-state index is 12.3. The zero-order valence-corrected chi connectivity index (χ0v) is 15.4. The first-order valence-corrected chi connectivity index (χ1v) is 9.96. The molecule has 0 unspecified atom stereocenters. The molecule has 0 spiro atoms. The summed E-state index contributed by atoms with van der Waals surface area (Å²) in [4.78, 5) is 8.23. The molecule has 2 aromatic heterocycles. The first kappa shape index (κ1) is 16.9. The number of anilines is 1. The lowest BCUT2D eigenvalue weighted by atomic mass is 10.2. The number of benzene rings is 1. The highest BCUT2D eigenvalue weighted by Gasteiger charge is 2.19. The average Bonchev–Trinajstić information content (AvgIpc) is 3.11. The predicted octanol–water partition coefficient (Wildman–Crippen LogP) is 3.68. The van der Waals surface area contributed by atoms with Crippen LogP contribution in [0.1, 0.15) is 5.56 Å². The van der Waals surface area contributed by atoms with Gasteiger partial charge in [0.1, 0.15) is 15.4 Å². The molecule has 2 heterocycles. The maximum atomic E-state index is 12.3. The minimum atomic E-state index is -3.72. The van der Waals surface area contributed by atoms with E-state index in [9.17, 15) is 8.42 Å². The smallest absolute Gasteiger partial charge is 0.272 e. The van der Waals surface area contributed by atoms with E-state index in [2.05, 4.69) is 30.6 Å². The Morgan fingerprint density at radius 2 is 1.96 bits per heavy atom. The number of halogens is 1. The summed E-state index contributed by atoms with van der Waals surface area (Å²) in [6, 6.07) is 12.7. The molecule has 3 rings (SSSR count). The zero-order valence-electron chi connectivity index (χ0n) is 12.2. The van der Waals surface area contributed by atoms with E-state index < -0.39 is 10.0 Å². The lowest BCUT2D eigenvalue weighted by Crippen LogP contribution is -2.14. The van der Waals surface area contributed by atoms with Gasteiger partial charge in [0.25, 0.3) is 15.9 Å². The fourth-order valence-electron chi connectivity index (χ4n) is 1.84. The minimum Gasteiger partial charge on any atom is -0.470 e. The number of ether oxygens (including phenoxy) is 1. The van der Waals surface area contributed by atoms with Gasteiger partial charge in [-0.15, -0.1) is 11.3 Å². The van der Waals surface area contributed by atoms with Gasteiger partial charge in [-0.05, 0) is 32.9 Å². The molecule has 0 bridgehead atoms. The van der Waals surface area contributed by atoms with E-state index in [0.717, 1.165) is 16.9 Å². The fraction of sp³-hybridized carbons (Fsp3) is 0.0667. The minimum absolute atomic E-state index is 0.0440. The van der Waals surface area contributed by atoms with Gasteiger partial charge in [0.05, 0.1) is 6.20 Å². The van der Waals surface area contributed by atoms with Crippen molar-refractivity contribution in [3.8, 4) is 5.88 Å². The molecule has 0 radical (unpaired) electrons. The number of nitrogens with one attached hydrogen (secondary N) is 1. The van der Waals surface area contributed by atoms with Crippen molar-refractivity contribution in [2.75, 3.05) is 4.72 Å². The molecule has 0 saturated heterocycles. The van der Waals surface area contributed by atoms with Crippen molar-refractivity contribution in [1.29, 1.82) is 0 Å². The third kappa shape index (κ3) is 4.11. The predicted molar refractivity (Wildman–Crippen MR) is 95.6 cm³/mol. The Kier molecular flexibility index (Phi) is 5.12. The van der Waals surface area contributed by atoms with E-state index in [0.29, 0.717) is 4.60 Å². The van der Waals surface area contributed by atoms with Crippen LogP contribution < -0.4 is 9.46 Å². The van der Waals surface area contributed by atoms with E-state index >= 15 is 0 Å². The number of rotatable bonds is 6. The highest BCUT2D eigenvalue weighted by Crippen LogP contribution is 2.26. The van der Waals surface area contributed by atoms with Crippen molar-refractivity contribution in [1.82, 2.24) is 9.97 Å². The van der Waals surface area contributed by atoms with Crippen LogP contribution in [0.4, 0.5) is 5.82 Å². The lowest BCUT2D eigenvalue weighted by molar-refractivity contribution is 0.294. The Morgan fingerprint density at radius 3 is 2.67 bits per heavy atom. The van der Waals surface area contributed by atoms with Crippen LogP contribution in [0.3, 0.4) is 0 Å². The molecule has 0 saturated carbocycles. The van der Waals surface area contributed by atoms with Crippen molar-refractivity contribution in [3.05, 3.63) is 64.2 Å². The van der Waals surface area contributed by atoms with Crippen LogP contribution in [0.5, 0.6) is 5.88 Å². The zero-order chi connectivity index (χ0) is 17.0. The number of hydrogen-bond donors (Lipinski definition) is 1. The Morgan fingerprint density at radius 1 is 1.17 bits per heavy atom. The van der Waals surface area contributed by atoms with E-state index in [1.54, 1.807) is 11.4 Å². The van der Waals surface area contributed by atoms with Gasteiger partial charge < -0.3 is 4.74 Å². The monoisotopic (exact) mass is 425 g/mol. The SMILES string of the molecule is O=S(=O)(Nc1ncc(Br)nc1OCc1ccccc1)c1cccs1. The van der Waals surface area contributed by atoms with Crippen molar-refractivity contribution >= 4 is 43.1 Å². The second-order valence-electron chi connectivity index (χ2n) is 4.66. The van der Waals surface area contributed by atoms with Crippen LogP contribution >= 0.6 is 27.3 Å². The number of thiophene rings is 1. The molecule has 9 heteroatoms. The van der Waals surface area contributed by atoms with Crippen LogP contribution in [0, 0.1) is 0 Å². The summed E-state index contributed by atoms with van der Waals surface area (Å²) in [5.74, 6) is 0.149. The molecule has 1 aromatic carbocycles. The van der Waals surface area contributed by atoms with Crippen molar-refractivity contribution in [2.24, 2.45) is 0 Å². The van der Waals surface area contributed by atoms with E-state index in [-0.39, 0.29) is 22.5 Å². The first-order chi connectivity index (χ1) is 11.5. The largest absolute Gasteiger partial charge is 0.470 e. The molecule has 3 aromatic rings. The Balaban J connectivity index is 1.83. The van der Waals surface area contributed by atoms with Crippen molar-refractivity contribution in [3.63, 3.8) is 0 Å². The first-order valence-electron chi connectivity index (χ1n) is 6.80. The van der Waals surface area contributed by atoms with E-state index in [1.807, 2.05) is 30.3 Å². The van der Waals surface area contributed by atoms with Gasteiger partial charge in [0.15, 0.2) is 0 Å². The quantitative estimate of drug-likeness (QED) is 0.651. The molecule has 0 atom stereocenters. The summed E-state index contributed by atoms with van der Waals surface area (Å²) in [6.45, 7) is 0.250. The molecule has 0 amide bonds. The number of aromatic nitrogens is 2. The average molecular weight is 426 g/mol. The van der Waals surface area contributed by atoms with Gasteiger partial charge >= 0.3 is 0 Å². The highest BCUT2D eigenvalue weighted by molar-refractivity contribution is 9.10. The van der Waals surface area contributed by atoms with E-state index in [1.165, 1.54) is 12.3 Å². The van der Waals surface area contributed by atoms with Crippen LogP contribution in [0.2, 0.25) is 0 Å². The fourth-order valence-corrected chi connectivity index (χ4v) is 4.11. The number of sulfonamides is 1.